The highest BCUT2D eigenvalue weighted by molar-refractivity contribution is 7.92. The normalized spacial score (nSPS) is 11.0. The number of carboxylic acid groups (broad SMARTS) is 1. The molecular formula is C16H16N2O9S. The smallest absolute Gasteiger partial charge is 0.339 e. The van der Waals surface area contributed by atoms with Crippen LogP contribution in [0.1, 0.15) is 10.4 Å². The number of nitro benzene ring substituents is 1. The molecule has 150 valence electrons. The van der Waals surface area contributed by atoms with Gasteiger partial charge in [0.25, 0.3) is 10.0 Å². The van der Waals surface area contributed by atoms with Gasteiger partial charge in [-0.05, 0) is 30.3 Å². The Morgan fingerprint density at radius 2 is 1.93 bits per heavy atom. The van der Waals surface area contributed by atoms with Gasteiger partial charge in [-0.25, -0.2) is 13.2 Å². The van der Waals surface area contributed by atoms with E-state index in [0.29, 0.717) is 0 Å². The predicted octanol–water partition coefficient (Wildman–Crippen LogP) is 1.82. The Kier molecular flexibility index (Phi) is 6.38. The maximum absolute atomic E-state index is 12.5. The number of phenols is 1. The van der Waals surface area contributed by atoms with E-state index in [1.54, 1.807) is 0 Å². The summed E-state index contributed by atoms with van der Waals surface area (Å²) in [7, 11) is -2.82. The van der Waals surface area contributed by atoms with Crippen molar-refractivity contribution in [3.8, 4) is 11.5 Å². The highest BCUT2D eigenvalue weighted by atomic mass is 32.2. The van der Waals surface area contributed by atoms with Crippen LogP contribution in [-0.4, -0.2) is 49.8 Å². The monoisotopic (exact) mass is 412 g/mol. The number of nitrogens with zero attached hydrogens (tertiary/aromatic N) is 1. The standard InChI is InChI=1S/C16H16N2O9S/c1-26-6-7-27-15-5-3-11(9-12(15)16(20)21)28(24,25)17-10-2-4-14(19)13(8-10)18(22)23/h2-5,8-9,17,19H,6-7H2,1H3,(H,20,21). The summed E-state index contributed by atoms with van der Waals surface area (Å²) in [6, 6.07) is 6.15. The van der Waals surface area contributed by atoms with E-state index in [0.717, 1.165) is 30.3 Å². The van der Waals surface area contributed by atoms with Crippen molar-refractivity contribution in [1.82, 2.24) is 0 Å². The van der Waals surface area contributed by atoms with Gasteiger partial charge < -0.3 is 19.7 Å². The maximum atomic E-state index is 12.5. The number of rotatable bonds is 9. The number of methoxy groups -OCH3 is 1. The molecule has 2 rings (SSSR count). The summed E-state index contributed by atoms with van der Waals surface area (Å²) >= 11 is 0. The summed E-state index contributed by atoms with van der Waals surface area (Å²) < 4.78 is 37.2. The van der Waals surface area contributed by atoms with Gasteiger partial charge in [-0.1, -0.05) is 0 Å². The van der Waals surface area contributed by atoms with E-state index in [-0.39, 0.29) is 35.1 Å². The second-order valence-corrected chi connectivity index (χ2v) is 7.05. The second kappa shape index (κ2) is 8.54. The van der Waals surface area contributed by atoms with Crippen LogP contribution in [0.2, 0.25) is 0 Å². The number of sulfonamides is 1. The van der Waals surface area contributed by atoms with Crippen molar-refractivity contribution in [2.24, 2.45) is 0 Å². The molecule has 0 amide bonds. The Morgan fingerprint density at radius 1 is 1.21 bits per heavy atom. The van der Waals surface area contributed by atoms with E-state index in [9.17, 15) is 33.5 Å². The molecule has 0 atom stereocenters. The summed E-state index contributed by atoms with van der Waals surface area (Å²) in [4.78, 5) is 21.0. The van der Waals surface area contributed by atoms with Crippen molar-refractivity contribution < 1.29 is 37.8 Å². The van der Waals surface area contributed by atoms with Gasteiger partial charge in [-0.3, -0.25) is 14.8 Å². The molecule has 2 aromatic carbocycles. The lowest BCUT2D eigenvalue weighted by molar-refractivity contribution is -0.385. The molecule has 0 aliphatic carbocycles. The fourth-order valence-electron chi connectivity index (χ4n) is 2.15. The number of hydrogen-bond donors (Lipinski definition) is 3. The molecule has 0 bridgehead atoms. The zero-order chi connectivity index (χ0) is 20.9. The third-order valence-electron chi connectivity index (χ3n) is 3.46. The van der Waals surface area contributed by atoms with Crippen molar-refractivity contribution in [3.63, 3.8) is 0 Å². The largest absolute Gasteiger partial charge is 0.502 e. The number of nitrogens with one attached hydrogen (secondary N) is 1. The van der Waals surface area contributed by atoms with Crippen LogP contribution in [0.3, 0.4) is 0 Å². The number of carboxylic acids is 1. The molecule has 2 aromatic rings. The van der Waals surface area contributed by atoms with Crippen molar-refractivity contribution in [2.45, 2.75) is 4.90 Å². The van der Waals surface area contributed by atoms with E-state index >= 15 is 0 Å². The van der Waals surface area contributed by atoms with Gasteiger partial charge in [0, 0.05) is 13.2 Å². The molecule has 0 heterocycles. The summed E-state index contributed by atoms with van der Waals surface area (Å²) in [6.07, 6.45) is 0. The second-order valence-electron chi connectivity index (χ2n) is 5.37. The quantitative estimate of drug-likeness (QED) is 0.241. The Morgan fingerprint density at radius 3 is 2.54 bits per heavy atom. The Labute approximate surface area is 159 Å². The number of carbonyl (C=O) groups is 1. The average Bonchev–Trinajstić information content (AvgIpc) is 2.63. The van der Waals surface area contributed by atoms with Crippen molar-refractivity contribution in [2.75, 3.05) is 25.0 Å². The highest BCUT2D eigenvalue weighted by Crippen LogP contribution is 2.30. The van der Waals surface area contributed by atoms with E-state index in [1.807, 2.05) is 0 Å². The Bertz CT molecular complexity index is 1010. The predicted molar refractivity (Wildman–Crippen MR) is 96.3 cm³/mol. The molecule has 0 saturated heterocycles. The molecule has 0 fully saturated rings. The summed E-state index contributed by atoms with van der Waals surface area (Å²) in [5.74, 6) is -2.06. The van der Waals surface area contributed by atoms with Gasteiger partial charge >= 0.3 is 11.7 Å². The van der Waals surface area contributed by atoms with Crippen LogP contribution in [0.5, 0.6) is 11.5 Å². The van der Waals surface area contributed by atoms with Crippen LogP contribution in [0.15, 0.2) is 41.3 Å². The van der Waals surface area contributed by atoms with Crippen molar-refractivity contribution in [3.05, 3.63) is 52.1 Å². The number of ether oxygens (including phenoxy) is 2. The first kappa shape index (κ1) is 20.9. The molecule has 3 N–H and O–H groups in total. The lowest BCUT2D eigenvalue weighted by Crippen LogP contribution is -2.15. The zero-order valence-electron chi connectivity index (χ0n) is 14.5. The molecule has 12 heteroatoms. The third-order valence-corrected chi connectivity index (χ3v) is 4.84. The van der Waals surface area contributed by atoms with Crippen LogP contribution >= 0.6 is 0 Å². The fraction of sp³-hybridized carbons (Fsp3) is 0.188. The Hall–Kier alpha value is -3.38. The molecule has 0 radical (unpaired) electrons. The summed E-state index contributed by atoms with van der Waals surface area (Å²) in [6.45, 7) is 0.276. The number of aromatic hydroxyl groups is 1. The molecule has 0 unspecified atom stereocenters. The van der Waals surface area contributed by atoms with E-state index in [2.05, 4.69) is 4.72 Å². The first-order chi connectivity index (χ1) is 13.2. The van der Waals surface area contributed by atoms with Gasteiger partial charge in [-0.2, -0.15) is 0 Å². The number of aromatic carboxylic acids is 1. The molecule has 28 heavy (non-hydrogen) atoms. The van der Waals surface area contributed by atoms with E-state index in [4.69, 9.17) is 9.47 Å². The van der Waals surface area contributed by atoms with Crippen LogP contribution in [-0.2, 0) is 14.8 Å². The molecule has 0 aliphatic rings. The van der Waals surface area contributed by atoms with Crippen molar-refractivity contribution in [1.29, 1.82) is 0 Å². The topological polar surface area (TPSA) is 165 Å². The fourth-order valence-corrected chi connectivity index (χ4v) is 3.23. The van der Waals surface area contributed by atoms with Crippen LogP contribution in [0, 0.1) is 10.1 Å². The highest BCUT2D eigenvalue weighted by Gasteiger charge is 2.22. The molecule has 0 aliphatic heterocycles. The number of nitro groups is 1. The third kappa shape index (κ3) is 4.86. The van der Waals surface area contributed by atoms with E-state index < -0.39 is 32.4 Å². The maximum Gasteiger partial charge on any atom is 0.339 e. The molecule has 0 saturated carbocycles. The number of phenolic OH excluding ortho intramolecular Hbond substituents is 1. The first-order valence-corrected chi connectivity index (χ1v) is 9.13. The lowest BCUT2D eigenvalue weighted by Gasteiger charge is -2.12. The molecule has 11 nitrogen and oxygen atoms in total. The average molecular weight is 412 g/mol. The van der Waals surface area contributed by atoms with Crippen molar-refractivity contribution >= 4 is 27.4 Å². The number of benzene rings is 2. The number of anilines is 1. The minimum absolute atomic E-state index is 0.0382. The minimum atomic E-state index is -4.26. The SMILES string of the molecule is COCCOc1ccc(S(=O)(=O)Nc2ccc(O)c([N+](=O)[O-])c2)cc1C(=O)O. The molecule has 0 aromatic heterocycles. The van der Waals surface area contributed by atoms with Gasteiger partial charge in [0.1, 0.15) is 17.9 Å². The van der Waals surface area contributed by atoms with Crippen LogP contribution < -0.4 is 9.46 Å². The number of hydrogen-bond acceptors (Lipinski definition) is 8. The molecule has 0 spiro atoms. The molecular weight excluding hydrogens is 396 g/mol. The van der Waals surface area contributed by atoms with E-state index in [1.165, 1.54) is 13.2 Å². The van der Waals surface area contributed by atoms with Gasteiger partial charge in [0.05, 0.1) is 22.1 Å². The van der Waals surface area contributed by atoms with Gasteiger partial charge in [0.15, 0.2) is 5.75 Å². The zero-order valence-corrected chi connectivity index (χ0v) is 15.3. The summed E-state index contributed by atoms with van der Waals surface area (Å²) in [5.41, 5.74) is -1.24. The summed E-state index contributed by atoms with van der Waals surface area (Å²) in [5, 5.41) is 29.6. The van der Waals surface area contributed by atoms with Crippen LogP contribution in [0.25, 0.3) is 0 Å². The van der Waals surface area contributed by atoms with Gasteiger partial charge in [0.2, 0.25) is 0 Å². The Balaban J connectivity index is 2.35. The first-order valence-electron chi connectivity index (χ1n) is 7.65. The van der Waals surface area contributed by atoms with Gasteiger partial charge in [-0.15, -0.1) is 0 Å². The van der Waals surface area contributed by atoms with Crippen LogP contribution in [0.4, 0.5) is 11.4 Å². The lowest BCUT2D eigenvalue weighted by atomic mass is 10.2. The minimum Gasteiger partial charge on any atom is -0.502 e.